The van der Waals surface area contributed by atoms with Gasteiger partial charge in [0.25, 0.3) is 0 Å². The number of hydrogen-bond donors (Lipinski definition) is 3. The predicted molar refractivity (Wildman–Crippen MR) is 40.8 cm³/mol. The Bertz CT molecular complexity index is 147. The highest BCUT2D eigenvalue weighted by Crippen LogP contribution is 1.86. The molecule has 0 unspecified atom stereocenters. The van der Waals surface area contributed by atoms with Gasteiger partial charge >= 0.3 is 11.9 Å². The summed E-state index contributed by atoms with van der Waals surface area (Å²) in [5.74, 6) is -2.50. The Labute approximate surface area is 69.9 Å². The van der Waals surface area contributed by atoms with Crippen LogP contribution in [0.5, 0.6) is 0 Å². The molecule has 6 heteroatoms. The van der Waals surface area contributed by atoms with Gasteiger partial charge in [0.05, 0.1) is 6.42 Å². The molecule has 0 rings (SSSR count). The third-order valence-electron chi connectivity index (χ3n) is 0.712. The van der Waals surface area contributed by atoms with Crippen molar-refractivity contribution in [3.05, 3.63) is 0 Å². The van der Waals surface area contributed by atoms with E-state index in [4.69, 9.17) is 15.9 Å². The summed E-state index contributed by atoms with van der Waals surface area (Å²) in [6.45, 7) is 0. The number of ether oxygens (including phenoxy) is 1. The molecule has 0 amide bonds. The summed E-state index contributed by atoms with van der Waals surface area (Å²) in [6.07, 6.45) is -0.532. The van der Waals surface area contributed by atoms with Crippen LogP contribution in [-0.4, -0.2) is 42.4 Å². The van der Waals surface area contributed by atoms with Crippen molar-refractivity contribution in [1.29, 1.82) is 0 Å². The van der Waals surface area contributed by atoms with Crippen molar-refractivity contribution in [2.75, 3.05) is 14.2 Å². The number of nitrogens with two attached hydrogens (primary N) is 1. The average molecular weight is 179 g/mol. The second-order valence-corrected chi connectivity index (χ2v) is 1.95. The van der Waals surface area contributed by atoms with E-state index in [1.165, 1.54) is 0 Å². The van der Waals surface area contributed by atoms with Crippen LogP contribution in [-0.2, 0) is 14.3 Å². The minimum absolute atomic E-state index is 0.532. The molecule has 0 fully saturated rings. The van der Waals surface area contributed by atoms with Gasteiger partial charge in [-0.2, -0.15) is 0 Å². The van der Waals surface area contributed by atoms with Crippen LogP contribution >= 0.6 is 0 Å². The van der Waals surface area contributed by atoms with Gasteiger partial charge in [-0.25, -0.2) is 0 Å². The lowest BCUT2D eigenvalue weighted by Gasteiger charge is -1.99. The van der Waals surface area contributed by atoms with Gasteiger partial charge in [-0.15, -0.1) is 0 Å². The number of aliphatic carboxylic acids is 2. The summed E-state index contributed by atoms with van der Waals surface area (Å²) in [7, 11) is 3.25. The summed E-state index contributed by atoms with van der Waals surface area (Å²) >= 11 is 0. The molecule has 0 spiro atoms. The lowest BCUT2D eigenvalue weighted by Crippen LogP contribution is -2.32. The predicted octanol–water partition coefficient (Wildman–Crippen LogP) is -0.864. The zero-order chi connectivity index (χ0) is 10.1. The molecule has 0 heterocycles. The Hall–Kier alpha value is -1.14. The molecule has 0 aromatic carbocycles. The molecule has 1 atom stereocenters. The molecule has 0 aliphatic rings. The van der Waals surface area contributed by atoms with E-state index in [1.54, 1.807) is 14.2 Å². The monoisotopic (exact) mass is 179 g/mol. The summed E-state index contributed by atoms with van der Waals surface area (Å²) in [6, 6.07) is -1.29. The molecule has 0 bridgehead atoms. The van der Waals surface area contributed by atoms with Gasteiger partial charge in [-0.1, -0.05) is 0 Å². The normalized spacial score (nSPS) is 10.9. The Kier molecular flexibility index (Phi) is 8.92. The maximum Gasteiger partial charge on any atom is 0.321 e. The highest BCUT2D eigenvalue weighted by atomic mass is 16.4. The standard InChI is InChI=1S/C4H7NO4.C2H6O/c5-2(4(8)9)1-3(6)7;1-3-2/h2H,1,5H2,(H,6,7)(H,8,9);1-2H3/t2-;/m0./s1. The zero-order valence-corrected chi connectivity index (χ0v) is 6.98. The largest absolute Gasteiger partial charge is 0.481 e. The number of carboxylic acid groups (broad SMARTS) is 2. The molecule has 4 N–H and O–H groups in total. The summed E-state index contributed by atoms with van der Waals surface area (Å²) in [5.41, 5.74) is 4.84. The van der Waals surface area contributed by atoms with Gasteiger partial charge in [-0.3, -0.25) is 9.59 Å². The Balaban J connectivity index is 0. The first-order valence-electron chi connectivity index (χ1n) is 3.06. The van der Waals surface area contributed by atoms with Gasteiger partial charge in [0.1, 0.15) is 6.04 Å². The highest BCUT2D eigenvalue weighted by Gasteiger charge is 2.14. The molecule has 0 aliphatic carbocycles. The first-order valence-corrected chi connectivity index (χ1v) is 3.06. The third kappa shape index (κ3) is 11.6. The maximum absolute atomic E-state index is 9.85. The number of hydrogen-bond acceptors (Lipinski definition) is 4. The van der Waals surface area contributed by atoms with Crippen molar-refractivity contribution in [2.45, 2.75) is 12.5 Å². The SMILES string of the molecule is COC.N[C@@H](CC(=O)O)C(=O)O. The van der Waals surface area contributed by atoms with E-state index in [9.17, 15) is 9.59 Å². The van der Waals surface area contributed by atoms with Crippen LogP contribution in [0.4, 0.5) is 0 Å². The summed E-state index contributed by atoms with van der Waals surface area (Å²) < 4.78 is 4.25. The molecule has 0 radical (unpaired) electrons. The molecule has 0 saturated carbocycles. The Morgan fingerprint density at radius 2 is 1.75 bits per heavy atom. The van der Waals surface area contributed by atoms with Gasteiger partial charge in [-0.05, 0) is 0 Å². The van der Waals surface area contributed by atoms with Gasteiger partial charge in [0.15, 0.2) is 0 Å². The van der Waals surface area contributed by atoms with Crippen molar-refractivity contribution in [1.82, 2.24) is 0 Å². The smallest absolute Gasteiger partial charge is 0.321 e. The summed E-state index contributed by atoms with van der Waals surface area (Å²) in [5, 5.41) is 16.0. The van der Waals surface area contributed by atoms with Crippen LogP contribution in [0.1, 0.15) is 6.42 Å². The molecular formula is C6H13NO5. The van der Waals surface area contributed by atoms with Crippen molar-refractivity contribution >= 4 is 11.9 Å². The highest BCUT2D eigenvalue weighted by molar-refractivity contribution is 5.80. The minimum atomic E-state index is -1.29. The van der Waals surface area contributed by atoms with E-state index in [0.717, 1.165) is 0 Å². The maximum atomic E-state index is 9.85. The Morgan fingerprint density at radius 3 is 1.83 bits per heavy atom. The summed E-state index contributed by atoms with van der Waals surface area (Å²) in [4.78, 5) is 19.6. The molecule has 0 aliphatic heterocycles. The second kappa shape index (κ2) is 7.96. The molecule has 72 valence electrons. The van der Waals surface area contributed by atoms with E-state index in [2.05, 4.69) is 4.74 Å². The molecule has 0 aromatic heterocycles. The van der Waals surface area contributed by atoms with E-state index >= 15 is 0 Å². The zero-order valence-electron chi connectivity index (χ0n) is 6.98. The molecule has 12 heavy (non-hydrogen) atoms. The van der Waals surface area contributed by atoms with Crippen LogP contribution in [0, 0.1) is 0 Å². The first kappa shape index (κ1) is 13.4. The number of carboxylic acids is 2. The second-order valence-electron chi connectivity index (χ2n) is 1.95. The minimum Gasteiger partial charge on any atom is -0.481 e. The molecule has 0 aromatic rings. The van der Waals surface area contributed by atoms with Crippen LogP contribution in [0.15, 0.2) is 0 Å². The molecule has 0 saturated heterocycles. The van der Waals surface area contributed by atoms with E-state index < -0.39 is 24.4 Å². The molecular weight excluding hydrogens is 166 g/mol. The van der Waals surface area contributed by atoms with Gasteiger partial charge in [0, 0.05) is 14.2 Å². The van der Waals surface area contributed by atoms with Crippen LogP contribution in [0.2, 0.25) is 0 Å². The van der Waals surface area contributed by atoms with E-state index in [0.29, 0.717) is 0 Å². The van der Waals surface area contributed by atoms with Crippen molar-refractivity contribution in [3.8, 4) is 0 Å². The Morgan fingerprint density at radius 1 is 1.42 bits per heavy atom. The topological polar surface area (TPSA) is 110 Å². The van der Waals surface area contributed by atoms with Crippen molar-refractivity contribution in [2.24, 2.45) is 5.73 Å². The van der Waals surface area contributed by atoms with Gasteiger partial charge < -0.3 is 20.7 Å². The van der Waals surface area contributed by atoms with E-state index in [-0.39, 0.29) is 0 Å². The van der Waals surface area contributed by atoms with E-state index in [1.807, 2.05) is 0 Å². The third-order valence-corrected chi connectivity index (χ3v) is 0.712. The molecule has 6 nitrogen and oxygen atoms in total. The van der Waals surface area contributed by atoms with Crippen molar-refractivity contribution in [3.63, 3.8) is 0 Å². The number of rotatable bonds is 3. The van der Waals surface area contributed by atoms with Crippen LogP contribution < -0.4 is 5.73 Å². The number of methoxy groups -OCH3 is 1. The fourth-order valence-corrected chi connectivity index (χ4v) is 0.275. The first-order chi connectivity index (χ1) is 5.45. The number of carbonyl (C=O) groups is 2. The van der Waals surface area contributed by atoms with Gasteiger partial charge in [0.2, 0.25) is 0 Å². The fraction of sp³-hybridized carbons (Fsp3) is 0.667. The lowest BCUT2D eigenvalue weighted by molar-refractivity contribution is -0.144. The van der Waals surface area contributed by atoms with Crippen LogP contribution in [0.3, 0.4) is 0 Å². The lowest BCUT2D eigenvalue weighted by atomic mass is 10.2. The quantitative estimate of drug-likeness (QED) is 0.519. The fourth-order valence-electron chi connectivity index (χ4n) is 0.275. The average Bonchev–Trinajstić information content (AvgIpc) is 1.87. The van der Waals surface area contributed by atoms with Crippen LogP contribution in [0.25, 0.3) is 0 Å². The van der Waals surface area contributed by atoms with Crippen molar-refractivity contribution < 1.29 is 24.5 Å².